The first-order valence-corrected chi connectivity index (χ1v) is 11.4. The summed E-state index contributed by atoms with van der Waals surface area (Å²) >= 11 is 6.21. The lowest BCUT2D eigenvalue weighted by atomic mass is 9.92. The van der Waals surface area contributed by atoms with Gasteiger partial charge in [-0.2, -0.15) is 22.0 Å². The molecule has 4 rings (SSSR count). The number of esters is 1. The second-order valence-electron chi connectivity index (χ2n) is 7.98. The average molecular weight is 550 g/mol. The van der Waals surface area contributed by atoms with E-state index in [0.717, 1.165) is 4.57 Å². The zero-order valence-corrected chi connectivity index (χ0v) is 20.2. The van der Waals surface area contributed by atoms with E-state index in [-0.39, 0.29) is 46.5 Å². The molecule has 0 N–H and O–H groups in total. The molecule has 200 valence electrons. The maximum absolute atomic E-state index is 14.0. The van der Waals surface area contributed by atoms with Crippen LogP contribution in [0.2, 0.25) is 5.02 Å². The molecule has 0 amide bonds. The van der Waals surface area contributed by atoms with Crippen molar-refractivity contribution in [3.05, 3.63) is 63.9 Å². The van der Waals surface area contributed by atoms with Crippen molar-refractivity contribution in [2.45, 2.75) is 50.9 Å². The Bertz CT molecular complexity index is 1230. The predicted molar refractivity (Wildman–Crippen MR) is 118 cm³/mol. The molecule has 2 aliphatic rings. The number of rotatable bonds is 7. The highest BCUT2D eigenvalue weighted by Gasteiger charge is 2.44. The topological polar surface area (TPSA) is 84.7 Å². The summed E-state index contributed by atoms with van der Waals surface area (Å²) in [6, 6.07) is 4.08. The van der Waals surface area contributed by atoms with Gasteiger partial charge < -0.3 is 18.9 Å². The van der Waals surface area contributed by atoms with Crippen LogP contribution in [0.15, 0.2) is 41.7 Å². The number of methoxy groups -OCH3 is 1. The third kappa shape index (κ3) is 5.48. The van der Waals surface area contributed by atoms with Crippen molar-refractivity contribution >= 4 is 17.6 Å². The maximum Gasteiger partial charge on any atom is 0.452 e. The molecule has 3 atom stereocenters. The summed E-state index contributed by atoms with van der Waals surface area (Å²) in [5.74, 6) is -2.41. The van der Waals surface area contributed by atoms with E-state index in [0.29, 0.717) is 0 Å². The molecule has 8 nitrogen and oxygen atoms in total. The number of benzene rings is 1. The highest BCUT2D eigenvalue weighted by atomic mass is 35.5. The minimum absolute atomic E-state index is 0.0117. The van der Waals surface area contributed by atoms with E-state index in [4.69, 9.17) is 30.5 Å². The van der Waals surface area contributed by atoms with Gasteiger partial charge in [0.15, 0.2) is 5.82 Å². The van der Waals surface area contributed by atoms with Crippen LogP contribution in [0.25, 0.3) is 5.69 Å². The van der Waals surface area contributed by atoms with Crippen LogP contribution >= 0.6 is 11.6 Å². The molecule has 1 aliphatic carbocycles. The summed E-state index contributed by atoms with van der Waals surface area (Å²) in [6.07, 6.45) is -6.04. The molecule has 0 radical (unpaired) electrons. The highest BCUT2D eigenvalue weighted by Crippen LogP contribution is 2.46. The quantitative estimate of drug-likeness (QED) is 0.334. The lowest BCUT2D eigenvalue weighted by Crippen LogP contribution is -2.25. The molecule has 1 aromatic heterocycles. The van der Waals surface area contributed by atoms with Crippen molar-refractivity contribution in [1.29, 1.82) is 0 Å². The molecular formula is C23H21ClF5N3O5. The number of halogens is 6. The number of carbonyl (C=O) groups excluding carboxylic acids is 1. The number of fused-ring (bicyclic) bond motifs is 3. The van der Waals surface area contributed by atoms with E-state index >= 15 is 0 Å². The van der Waals surface area contributed by atoms with Crippen LogP contribution in [0, 0.1) is 0 Å². The first-order valence-electron chi connectivity index (χ1n) is 11.1. The summed E-state index contributed by atoms with van der Waals surface area (Å²) in [5, 5.41) is 7.19. The smallest absolute Gasteiger partial charge is 0.452 e. The van der Waals surface area contributed by atoms with Crippen molar-refractivity contribution < 1.29 is 45.7 Å². The van der Waals surface area contributed by atoms with Crippen LogP contribution in [0.1, 0.15) is 49.2 Å². The minimum Gasteiger partial charge on any atom is -0.498 e. The Morgan fingerprint density at radius 2 is 2.05 bits per heavy atom. The van der Waals surface area contributed by atoms with Crippen molar-refractivity contribution in [2.75, 3.05) is 13.7 Å². The Hall–Kier alpha value is -3.03. The molecule has 14 heteroatoms. The second-order valence-corrected chi connectivity index (χ2v) is 8.42. The third-order valence-corrected chi connectivity index (χ3v) is 5.93. The molecule has 37 heavy (non-hydrogen) atoms. The van der Waals surface area contributed by atoms with Crippen LogP contribution < -0.4 is 0 Å². The average Bonchev–Trinajstić information content (AvgIpc) is 3.22. The van der Waals surface area contributed by atoms with Gasteiger partial charge in [0, 0.05) is 16.2 Å². The van der Waals surface area contributed by atoms with Crippen molar-refractivity contribution in [3.63, 3.8) is 0 Å². The molecule has 0 fully saturated rings. The van der Waals surface area contributed by atoms with Gasteiger partial charge >= 0.3 is 18.8 Å². The fourth-order valence-electron chi connectivity index (χ4n) is 4.32. The zero-order valence-electron chi connectivity index (χ0n) is 19.5. The Balaban J connectivity index is 1.95. The number of nitrogens with zero attached hydrogens (tertiary/aromatic N) is 3. The van der Waals surface area contributed by atoms with E-state index in [9.17, 15) is 26.7 Å². The fraction of sp³-hybridized carbons (Fsp3) is 0.435. The third-order valence-electron chi connectivity index (χ3n) is 5.69. The molecule has 0 bridgehead atoms. The molecule has 0 saturated heterocycles. The first kappa shape index (κ1) is 27.0. The molecule has 2 aromatic rings. The van der Waals surface area contributed by atoms with Gasteiger partial charge in [-0.05, 0) is 31.5 Å². The normalized spacial score (nSPS) is 21.5. The summed E-state index contributed by atoms with van der Waals surface area (Å²) in [5.41, 5.74) is 0.308. The van der Waals surface area contributed by atoms with E-state index in [1.807, 2.05) is 0 Å². The molecule has 0 saturated carbocycles. The predicted octanol–water partition coefficient (Wildman–Crippen LogP) is 5.47. The van der Waals surface area contributed by atoms with Gasteiger partial charge in [-0.25, -0.2) is 0 Å². The number of ether oxygens (including phenoxy) is 4. The first-order chi connectivity index (χ1) is 17.5. The number of aromatic nitrogens is 3. The highest BCUT2D eigenvalue weighted by molar-refractivity contribution is 6.30. The van der Waals surface area contributed by atoms with Gasteiger partial charge in [-0.3, -0.25) is 9.36 Å². The molecule has 1 aromatic carbocycles. The van der Waals surface area contributed by atoms with Gasteiger partial charge in [0.1, 0.15) is 24.1 Å². The van der Waals surface area contributed by atoms with E-state index < -0.39 is 49.3 Å². The zero-order chi connectivity index (χ0) is 26.9. The number of alkyl halides is 5. The van der Waals surface area contributed by atoms with E-state index in [1.165, 1.54) is 31.4 Å². The second kappa shape index (κ2) is 10.8. The van der Waals surface area contributed by atoms with Gasteiger partial charge in [-0.1, -0.05) is 23.8 Å². The number of hydrogen-bond donors (Lipinski definition) is 0. The number of hydrogen-bond acceptors (Lipinski definition) is 7. The lowest BCUT2D eigenvalue weighted by molar-refractivity contribution is -0.161. The standard InChI is InChI=1S/C23H21ClF5N3O5/c1-3-35-17(33)10-16-20-30-31-21(23(27,28)29)32(20)14-8-7-11(24)9-13(14)18(36-16)12-5-4-6-15(19(12)34-2)37-22(25)26/h4-5,7-9,15-16,18,22H,3,6,10H2,1-2H3/t15?,16-,18-/m1/s1. The fourth-order valence-corrected chi connectivity index (χ4v) is 4.50. The van der Waals surface area contributed by atoms with Crippen LogP contribution in [0.5, 0.6) is 0 Å². The molecule has 1 aliphatic heterocycles. The van der Waals surface area contributed by atoms with Crippen molar-refractivity contribution in [3.8, 4) is 5.69 Å². The van der Waals surface area contributed by atoms with Gasteiger partial charge in [0.2, 0.25) is 5.82 Å². The van der Waals surface area contributed by atoms with E-state index in [1.54, 1.807) is 13.0 Å². The van der Waals surface area contributed by atoms with Crippen LogP contribution in [0.4, 0.5) is 22.0 Å². The molecule has 2 heterocycles. The minimum atomic E-state index is -4.91. The molecular weight excluding hydrogens is 529 g/mol. The SMILES string of the molecule is CCOC(=O)C[C@H]1O[C@H](C2=C(OC)C(OC(F)F)CC=C2)c2cc(Cl)ccc2-n2c1nnc2C(F)(F)F. The van der Waals surface area contributed by atoms with Gasteiger partial charge in [0.05, 0.1) is 25.8 Å². The summed E-state index contributed by atoms with van der Waals surface area (Å²) in [7, 11) is 1.25. The Morgan fingerprint density at radius 1 is 1.30 bits per heavy atom. The number of carbonyl (C=O) groups is 1. The Kier molecular flexibility index (Phi) is 7.85. The maximum atomic E-state index is 14.0. The molecule has 0 spiro atoms. The monoisotopic (exact) mass is 549 g/mol. The van der Waals surface area contributed by atoms with Crippen LogP contribution in [0.3, 0.4) is 0 Å². The Labute approximate surface area is 212 Å². The van der Waals surface area contributed by atoms with Gasteiger partial charge in [-0.15, -0.1) is 10.2 Å². The van der Waals surface area contributed by atoms with Gasteiger partial charge in [0.25, 0.3) is 0 Å². The van der Waals surface area contributed by atoms with Crippen molar-refractivity contribution in [2.24, 2.45) is 0 Å². The summed E-state index contributed by atoms with van der Waals surface area (Å²) in [4.78, 5) is 12.4. The largest absolute Gasteiger partial charge is 0.498 e. The summed E-state index contributed by atoms with van der Waals surface area (Å²) in [6.45, 7) is -1.51. The summed E-state index contributed by atoms with van der Waals surface area (Å²) < 4.78 is 90.1. The van der Waals surface area contributed by atoms with Crippen LogP contribution in [-0.2, 0) is 29.9 Å². The van der Waals surface area contributed by atoms with E-state index in [2.05, 4.69) is 10.2 Å². The molecule has 1 unspecified atom stereocenters. The Morgan fingerprint density at radius 3 is 2.70 bits per heavy atom. The van der Waals surface area contributed by atoms with Crippen molar-refractivity contribution in [1.82, 2.24) is 14.8 Å². The lowest BCUT2D eigenvalue weighted by Gasteiger charge is -2.29. The van der Waals surface area contributed by atoms with Crippen LogP contribution in [-0.4, -0.2) is 47.2 Å².